The van der Waals surface area contributed by atoms with Gasteiger partial charge in [0.2, 0.25) is 0 Å². The number of ether oxygens (including phenoxy) is 1. The van der Waals surface area contributed by atoms with Crippen molar-refractivity contribution in [1.29, 1.82) is 0 Å². The van der Waals surface area contributed by atoms with E-state index in [0.29, 0.717) is 6.61 Å². The van der Waals surface area contributed by atoms with E-state index in [1.807, 2.05) is 73.7 Å². The molecule has 0 spiro atoms. The largest absolute Gasteiger partial charge is 0.497 e. The first-order valence-corrected chi connectivity index (χ1v) is 8.20. The smallest absolute Gasteiger partial charge is 0.250 e. The van der Waals surface area contributed by atoms with Crippen molar-refractivity contribution >= 4 is 16.7 Å². The van der Waals surface area contributed by atoms with Gasteiger partial charge in [-0.2, -0.15) is 0 Å². The molecule has 1 amide bonds. The average molecular weight is 335 g/mol. The van der Waals surface area contributed by atoms with E-state index >= 15 is 0 Å². The number of hydrogen-bond donors (Lipinski definition) is 1. The summed E-state index contributed by atoms with van der Waals surface area (Å²) in [5.74, 6) is 0.353. The van der Waals surface area contributed by atoms with Crippen molar-refractivity contribution < 1.29 is 14.4 Å². The number of methoxy groups -OCH3 is 1. The zero-order chi connectivity index (χ0) is 17.6. The molecule has 0 fully saturated rings. The SMILES string of the molecule is COc1ccc2cc(C(C)C(=O)NOCc3ccccc3)ccc2c1. The molecule has 4 nitrogen and oxygen atoms in total. The second-order valence-corrected chi connectivity index (χ2v) is 5.93. The summed E-state index contributed by atoms with van der Waals surface area (Å²) >= 11 is 0. The van der Waals surface area contributed by atoms with E-state index in [-0.39, 0.29) is 11.8 Å². The zero-order valence-corrected chi connectivity index (χ0v) is 14.4. The maximum absolute atomic E-state index is 12.3. The number of fused-ring (bicyclic) bond motifs is 1. The minimum absolute atomic E-state index is 0.163. The third kappa shape index (κ3) is 4.17. The van der Waals surface area contributed by atoms with Crippen molar-refractivity contribution in [3.05, 3.63) is 77.9 Å². The molecule has 0 saturated heterocycles. The van der Waals surface area contributed by atoms with Crippen LogP contribution in [-0.4, -0.2) is 13.0 Å². The minimum atomic E-state index is -0.303. The number of amides is 1. The Morgan fingerprint density at radius 1 is 1.00 bits per heavy atom. The van der Waals surface area contributed by atoms with Crippen LogP contribution >= 0.6 is 0 Å². The Labute approximate surface area is 147 Å². The summed E-state index contributed by atoms with van der Waals surface area (Å²) < 4.78 is 5.24. The molecule has 128 valence electrons. The van der Waals surface area contributed by atoms with Crippen molar-refractivity contribution in [2.24, 2.45) is 0 Å². The van der Waals surface area contributed by atoms with Gasteiger partial charge in [0.1, 0.15) is 5.75 Å². The number of benzene rings is 3. The summed E-state index contributed by atoms with van der Waals surface area (Å²) in [5, 5.41) is 2.15. The summed E-state index contributed by atoms with van der Waals surface area (Å²) in [5.41, 5.74) is 4.49. The van der Waals surface area contributed by atoms with Crippen LogP contribution in [0.25, 0.3) is 10.8 Å². The Kier molecular flexibility index (Phi) is 5.31. The molecule has 1 atom stereocenters. The third-order valence-corrected chi connectivity index (χ3v) is 4.22. The summed E-state index contributed by atoms with van der Waals surface area (Å²) in [4.78, 5) is 17.6. The Morgan fingerprint density at radius 2 is 1.72 bits per heavy atom. The molecule has 0 aromatic heterocycles. The maximum Gasteiger partial charge on any atom is 0.250 e. The molecule has 3 rings (SSSR count). The Bertz CT molecular complexity index is 861. The number of carbonyl (C=O) groups is 1. The summed E-state index contributed by atoms with van der Waals surface area (Å²) in [6.45, 7) is 2.21. The van der Waals surface area contributed by atoms with Crippen LogP contribution < -0.4 is 10.2 Å². The molecule has 0 radical (unpaired) electrons. The quantitative estimate of drug-likeness (QED) is 0.687. The molecule has 1 unspecified atom stereocenters. The van der Waals surface area contributed by atoms with Gasteiger partial charge >= 0.3 is 0 Å². The predicted octanol–water partition coefficient (Wildman–Crippen LogP) is 4.20. The second-order valence-electron chi connectivity index (χ2n) is 5.93. The van der Waals surface area contributed by atoms with E-state index in [0.717, 1.165) is 27.6 Å². The van der Waals surface area contributed by atoms with E-state index in [9.17, 15) is 4.79 Å². The highest BCUT2D eigenvalue weighted by Crippen LogP contribution is 2.25. The topological polar surface area (TPSA) is 47.6 Å². The molecule has 0 aliphatic heterocycles. The van der Waals surface area contributed by atoms with Gasteiger partial charge < -0.3 is 4.74 Å². The van der Waals surface area contributed by atoms with Crippen LogP contribution in [0.4, 0.5) is 0 Å². The molecule has 3 aromatic carbocycles. The summed E-state index contributed by atoms with van der Waals surface area (Å²) in [6.07, 6.45) is 0. The molecule has 0 aliphatic carbocycles. The first kappa shape index (κ1) is 17.0. The predicted molar refractivity (Wildman–Crippen MR) is 98.3 cm³/mol. The normalized spacial score (nSPS) is 11.9. The van der Waals surface area contributed by atoms with Gasteiger partial charge in [0, 0.05) is 0 Å². The maximum atomic E-state index is 12.3. The Balaban J connectivity index is 1.64. The van der Waals surface area contributed by atoms with Gasteiger partial charge in [-0.15, -0.1) is 0 Å². The van der Waals surface area contributed by atoms with Crippen LogP contribution in [0.1, 0.15) is 24.0 Å². The zero-order valence-electron chi connectivity index (χ0n) is 14.4. The van der Waals surface area contributed by atoms with Crippen molar-refractivity contribution in [3.8, 4) is 5.75 Å². The summed E-state index contributed by atoms with van der Waals surface area (Å²) in [7, 11) is 1.65. The highest BCUT2D eigenvalue weighted by Gasteiger charge is 2.15. The number of hydroxylamine groups is 1. The molecule has 0 saturated carbocycles. The Morgan fingerprint density at radius 3 is 2.48 bits per heavy atom. The van der Waals surface area contributed by atoms with E-state index < -0.39 is 0 Å². The molecular formula is C21H21NO3. The number of rotatable bonds is 6. The fourth-order valence-corrected chi connectivity index (χ4v) is 2.64. The Hall–Kier alpha value is -2.85. The molecule has 1 N–H and O–H groups in total. The van der Waals surface area contributed by atoms with Crippen LogP contribution in [0.3, 0.4) is 0 Å². The van der Waals surface area contributed by atoms with Gasteiger partial charge in [0.25, 0.3) is 5.91 Å². The fraction of sp³-hybridized carbons (Fsp3) is 0.190. The van der Waals surface area contributed by atoms with Crippen LogP contribution in [0.2, 0.25) is 0 Å². The lowest BCUT2D eigenvalue weighted by Crippen LogP contribution is -2.28. The summed E-state index contributed by atoms with van der Waals surface area (Å²) in [6, 6.07) is 21.6. The van der Waals surface area contributed by atoms with E-state index in [1.165, 1.54) is 0 Å². The van der Waals surface area contributed by atoms with Gasteiger partial charge in [0.15, 0.2) is 0 Å². The van der Waals surface area contributed by atoms with Crippen LogP contribution in [-0.2, 0) is 16.2 Å². The lowest BCUT2D eigenvalue weighted by molar-refractivity contribution is -0.135. The lowest BCUT2D eigenvalue weighted by atomic mass is 9.97. The van der Waals surface area contributed by atoms with Crippen molar-refractivity contribution in [2.75, 3.05) is 7.11 Å². The van der Waals surface area contributed by atoms with Gasteiger partial charge in [-0.1, -0.05) is 54.6 Å². The third-order valence-electron chi connectivity index (χ3n) is 4.22. The first-order valence-electron chi connectivity index (χ1n) is 8.20. The first-order chi connectivity index (χ1) is 12.2. The number of carbonyl (C=O) groups excluding carboxylic acids is 1. The number of hydrogen-bond acceptors (Lipinski definition) is 3. The van der Waals surface area contributed by atoms with Gasteiger partial charge in [0.05, 0.1) is 19.6 Å². The highest BCUT2D eigenvalue weighted by atomic mass is 16.6. The number of nitrogens with one attached hydrogen (secondary N) is 1. The van der Waals surface area contributed by atoms with Gasteiger partial charge in [-0.25, -0.2) is 5.48 Å². The van der Waals surface area contributed by atoms with Gasteiger partial charge in [-0.05, 0) is 41.0 Å². The fourth-order valence-electron chi connectivity index (χ4n) is 2.64. The van der Waals surface area contributed by atoms with Crippen LogP contribution in [0.15, 0.2) is 66.7 Å². The van der Waals surface area contributed by atoms with E-state index in [2.05, 4.69) is 5.48 Å². The van der Waals surface area contributed by atoms with Crippen LogP contribution in [0, 0.1) is 0 Å². The molecule has 3 aromatic rings. The minimum Gasteiger partial charge on any atom is -0.497 e. The highest BCUT2D eigenvalue weighted by molar-refractivity contribution is 5.88. The molecule has 0 aliphatic rings. The van der Waals surface area contributed by atoms with Crippen molar-refractivity contribution in [2.45, 2.75) is 19.4 Å². The molecule has 25 heavy (non-hydrogen) atoms. The second kappa shape index (κ2) is 7.81. The average Bonchev–Trinajstić information content (AvgIpc) is 2.67. The standard InChI is InChI=1S/C21H21NO3/c1-15(21(23)22-25-14-16-6-4-3-5-7-16)17-8-9-19-13-20(24-2)11-10-18(19)12-17/h3-13,15H,14H2,1-2H3,(H,22,23). The van der Waals surface area contributed by atoms with Crippen molar-refractivity contribution in [1.82, 2.24) is 5.48 Å². The molecular weight excluding hydrogens is 314 g/mol. The molecule has 4 heteroatoms. The van der Waals surface area contributed by atoms with E-state index in [1.54, 1.807) is 7.11 Å². The monoisotopic (exact) mass is 335 g/mol. The van der Waals surface area contributed by atoms with Gasteiger partial charge in [-0.3, -0.25) is 9.63 Å². The lowest BCUT2D eigenvalue weighted by Gasteiger charge is -2.13. The molecule has 0 bridgehead atoms. The van der Waals surface area contributed by atoms with E-state index in [4.69, 9.17) is 9.57 Å². The molecule has 0 heterocycles. The van der Waals surface area contributed by atoms with Crippen molar-refractivity contribution in [3.63, 3.8) is 0 Å². The van der Waals surface area contributed by atoms with Crippen LogP contribution in [0.5, 0.6) is 5.75 Å².